The Labute approximate surface area is 137 Å². The number of hydrogen-bond donors (Lipinski definition) is 2. The molecule has 2 atom stereocenters. The van der Waals surface area contributed by atoms with Crippen molar-refractivity contribution in [3.05, 3.63) is 18.2 Å². The Hall–Kier alpha value is -1.44. The van der Waals surface area contributed by atoms with Crippen molar-refractivity contribution >= 4 is 5.91 Å². The predicted molar refractivity (Wildman–Crippen MR) is 87.0 cm³/mol. The second-order valence-corrected chi connectivity index (χ2v) is 6.29. The van der Waals surface area contributed by atoms with Crippen LogP contribution in [0.4, 0.5) is 0 Å². The van der Waals surface area contributed by atoms with Crippen LogP contribution in [0.5, 0.6) is 0 Å². The molecule has 0 spiro atoms. The Balaban J connectivity index is 1.49. The van der Waals surface area contributed by atoms with Gasteiger partial charge in [0.05, 0.1) is 18.7 Å². The predicted octanol–water partition coefficient (Wildman–Crippen LogP) is 0.384. The van der Waals surface area contributed by atoms with E-state index < -0.39 is 0 Å². The third kappa shape index (κ3) is 4.31. The van der Waals surface area contributed by atoms with E-state index in [-0.39, 0.29) is 18.1 Å². The van der Waals surface area contributed by atoms with E-state index in [4.69, 9.17) is 4.74 Å². The number of rotatable bonds is 6. The van der Waals surface area contributed by atoms with Crippen LogP contribution < -0.4 is 5.32 Å². The highest BCUT2D eigenvalue weighted by molar-refractivity contribution is 5.78. The molecule has 1 aromatic rings. The summed E-state index contributed by atoms with van der Waals surface area (Å²) in [6.07, 6.45) is 6.00. The van der Waals surface area contributed by atoms with Crippen LogP contribution >= 0.6 is 0 Å². The zero-order chi connectivity index (χ0) is 16.1. The lowest BCUT2D eigenvalue weighted by Gasteiger charge is -2.39. The molecule has 0 aromatic carbocycles. The largest absolute Gasteiger partial charge is 0.376 e. The van der Waals surface area contributed by atoms with E-state index in [9.17, 15) is 4.79 Å². The first kappa shape index (κ1) is 16.4. The molecule has 0 radical (unpaired) electrons. The molecule has 2 aliphatic rings. The molecule has 0 bridgehead atoms. The summed E-state index contributed by atoms with van der Waals surface area (Å²) < 4.78 is 5.54. The number of aromatic amines is 1. The topological polar surface area (TPSA) is 73.5 Å². The van der Waals surface area contributed by atoms with Gasteiger partial charge in [-0.2, -0.15) is 0 Å². The van der Waals surface area contributed by atoms with Crippen molar-refractivity contribution in [2.45, 2.75) is 31.9 Å². The van der Waals surface area contributed by atoms with Crippen LogP contribution in [-0.2, 0) is 9.53 Å². The fourth-order valence-corrected chi connectivity index (χ4v) is 3.41. The second-order valence-electron chi connectivity index (χ2n) is 6.29. The Kier molecular flexibility index (Phi) is 5.64. The molecule has 1 amide bonds. The summed E-state index contributed by atoms with van der Waals surface area (Å²) >= 11 is 0. The SMILES string of the molecule is CCN1CCN(CC(=O)NCC2CCCO2)CC1c1ncc[nH]1. The average Bonchev–Trinajstić information content (AvgIpc) is 3.26. The lowest BCUT2D eigenvalue weighted by atomic mass is 10.1. The maximum Gasteiger partial charge on any atom is 0.234 e. The minimum Gasteiger partial charge on any atom is -0.376 e. The van der Waals surface area contributed by atoms with Crippen molar-refractivity contribution in [3.63, 3.8) is 0 Å². The Morgan fingerprint density at radius 3 is 3.13 bits per heavy atom. The maximum atomic E-state index is 12.2. The molecule has 2 N–H and O–H groups in total. The number of imidazole rings is 1. The Bertz CT molecular complexity index is 487. The van der Waals surface area contributed by atoms with E-state index in [0.717, 1.165) is 51.5 Å². The molecule has 23 heavy (non-hydrogen) atoms. The van der Waals surface area contributed by atoms with Crippen LogP contribution in [0.25, 0.3) is 0 Å². The first-order valence-electron chi connectivity index (χ1n) is 8.60. The third-order valence-electron chi connectivity index (χ3n) is 4.73. The summed E-state index contributed by atoms with van der Waals surface area (Å²) in [4.78, 5) is 24.4. The number of likely N-dealkylation sites (N-methyl/N-ethyl adjacent to an activating group) is 1. The molecule has 3 rings (SSSR count). The van der Waals surface area contributed by atoms with Gasteiger partial charge in [-0.05, 0) is 19.4 Å². The normalized spacial score (nSPS) is 26.5. The van der Waals surface area contributed by atoms with Crippen LogP contribution in [0.2, 0.25) is 0 Å². The van der Waals surface area contributed by atoms with Gasteiger partial charge in [0.25, 0.3) is 0 Å². The number of hydrogen-bond acceptors (Lipinski definition) is 5. The number of amides is 1. The Morgan fingerprint density at radius 1 is 1.52 bits per heavy atom. The first-order chi connectivity index (χ1) is 11.3. The molecule has 0 saturated carbocycles. The van der Waals surface area contributed by atoms with Crippen LogP contribution in [-0.4, -0.2) is 77.7 Å². The lowest BCUT2D eigenvalue weighted by Crippen LogP contribution is -2.51. The fourth-order valence-electron chi connectivity index (χ4n) is 3.41. The van der Waals surface area contributed by atoms with Gasteiger partial charge >= 0.3 is 0 Å². The number of nitrogens with one attached hydrogen (secondary N) is 2. The van der Waals surface area contributed by atoms with Crippen LogP contribution in [0.3, 0.4) is 0 Å². The highest BCUT2D eigenvalue weighted by Gasteiger charge is 2.29. The summed E-state index contributed by atoms with van der Waals surface area (Å²) in [5, 5.41) is 3.00. The van der Waals surface area contributed by atoms with Gasteiger partial charge in [-0.1, -0.05) is 6.92 Å². The van der Waals surface area contributed by atoms with Gasteiger partial charge in [0.15, 0.2) is 0 Å². The van der Waals surface area contributed by atoms with Crippen LogP contribution in [0.1, 0.15) is 31.6 Å². The number of nitrogens with zero attached hydrogens (tertiary/aromatic N) is 3. The molecular weight excluding hydrogens is 294 g/mol. The summed E-state index contributed by atoms with van der Waals surface area (Å²) in [5.41, 5.74) is 0. The highest BCUT2D eigenvalue weighted by Crippen LogP contribution is 2.22. The zero-order valence-corrected chi connectivity index (χ0v) is 13.8. The molecular formula is C16H27N5O2. The summed E-state index contributed by atoms with van der Waals surface area (Å²) in [5.74, 6) is 1.07. The smallest absolute Gasteiger partial charge is 0.234 e. The molecule has 3 heterocycles. The van der Waals surface area contributed by atoms with Crippen molar-refractivity contribution in [1.82, 2.24) is 25.1 Å². The van der Waals surface area contributed by atoms with Crippen molar-refractivity contribution < 1.29 is 9.53 Å². The van der Waals surface area contributed by atoms with Gasteiger partial charge in [-0.25, -0.2) is 4.98 Å². The second kappa shape index (κ2) is 7.90. The van der Waals surface area contributed by atoms with Crippen LogP contribution in [0, 0.1) is 0 Å². The number of aromatic nitrogens is 2. The minimum absolute atomic E-state index is 0.0867. The van der Waals surface area contributed by atoms with Gasteiger partial charge < -0.3 is 15.0 Å². The molecule has 7 heteroatoms. The Morgan fingerprint density at radius 2 is 2.43 bits per heavy atom. The fraction of sp³-hybridized carbons (Fsp3) is 0.750. The number of carbonyl (C=O) groups excluding carboxylic acids is 1. The van der Waals surface area contributed by atoms with Gasteiger partial charge in [-0.15, -0.1) is 0 Å². The van der Waals surface area contributed by atoms with Crippen molar-refractivity contribution in [2.24, 2.45) is 0 Å². The minimum atomic E-state index is 0.0867. The van der Waals surface area contributed by atoms with E-state index in [0.29, 0.717) is 13.1 Å². The van der Waals surface area contributed by atoms with E-state index in [1.807, 2.05) is 6.20 Å². The van der Waals surface area contributed by atoms with E-state index in [1.54, 1.807) is 6.20 Å². The maximum absolute atomic E-state index is 12.2. The zero-order valence-electron chi connectivity index (χ0n) is 13.8. The molecule has 2 saturated heterocycles. The first-order valence-corrected chi connectivity index (χ1v) is 8.60. The molecule has 7 nitrogen and oxygen atoms in total. The highest BCUT2D eigenvalue weighted by atomic mass is 16.5. The molecule has 2 aliphatic heterocycles. The third-order valence-corrected chi connectivity index (χ3v) is 4.73. The molecule has 128 valence electrons. The standard InChI is InChI=1S/C16H27N5O2/c1-2-21-8-7-20(11-14(21)16-17-5-6-18-16)12-15(22)19-10-13-4-3-9-23-13/h5-6,13-14H,2-4,7-12H2,1H3,(H,17,18)(H,19,22). The lowest BCUT2D eigenvalue weighted by molar-refractivity contribution is -0.123. The number of ether oxygens (including phenoxy) is 1. The number of carbonyl (C=O) groups is 1. The van der Waals surface area contributed by atoms with Crippen molar-refractivity contribution in [3.8, 4) is 0 Å². The van der Waals surface area contributed by atoms with E-state index in [2.05, 4.69) is 32.0 Å². The van der Waals surface area contributed by atoms with Crippen molar-refractivity contribution in [1.29, 1.82) is 0 Å². The van der Waals surface area contributed by atoms with Gasteiger partial charge in [0, 0.05) is 45.2 Å². The van der Waals surface area contributed by atoms with Gasteiger partial charge in [0.1, 0.15) is 5.82 Å². The number of H-pyrrole nitrogens is 1. The quantitative estimate of drug-likeness (QED) is 0.793. The molecule has 1 aromatic heterocycles. The summed E-state index contributed by atoms with van der Waals surface area (Å²) in [7, 11) is 0. The average molecular weight is 321 g/mol. The number of piperazine rings is 1. The van der Waals surface area contributed by atoms with E-state index in [1.165, 1.54) is 0 Å². The molecule has 2 fully saturated rings. The van der Waals surface area contributed by atoms with Gasteiger partial charge in [0.2, 0.25) is 5.91 Å². The van der Waals surface area contributed by atoms with Gasteiger partial charge in [-0.3, -0.25) is 14.6 Å². The summed E-state index contributed by atoms with van der Waals surface area (Å²) in [6, 6.07) is 0.231. The summed E-state index contributed by atoms with van der Waals surface area (Å²) in [6.45, 7) is 7.76. The van der Waals surface area contributed by atoms with E-state index >= 15 is 0 Å². The van der Waals surface area contributed by atoms with Crippen LogP contribution in [0.15, 0.2) is 12.4 Å². The van der Waals surface area contributed by atoms with Crippen molar-refractivity contribution in [2.75, 3.05) is 45.9 Å². The molecule has 0 aliphatic carbocycles. The molecule has 2 unspecified atom stereocenters. The monoisotopic (exact) mass is 321 g/mol.